The lowest BCUT2D eigenvalue weighted by atomic mass is 10.3. The number of rotatable bonds is 2. The molecule has 0 fully saturated rings. The van der Waals surface area contributed by atoms with Gasteiger partial charge < -0.3 is 5.32 Å². The standard InChI is InChI=1S/C8H6Br2ClNO/c9-4-7(13)12-6-3-1-2-5(11)8(6)10/h1-3H,4H2,(H,12,13). The fraction of sp³-hybridized carbons (Fsp3) is 0.125. The van der Waals surface area contributed by atoms with E-state index in [0.717, 1.165) is 0 Å². The minimum atomic E-state index is -0.108. The molecule has 0 aliphatic rings. The van der Waals surface area contributed by atoms with Crippen molar-refractivity contribution in [1.29, 1.82) is 0 Å². The number of nitrogens with one attached hydrogen (secondary N) is 1. The van der Waals surface area contributed by atoms with Crippen LogP contribution in [0.3, 0.4) is 0 Å². The van der Waals surface area contributed by atoms with Crippen molar-refractivity contribution in [3.63, 3.8) is 0 Å². The maximum atomic E-state index is 11.0. The third-order valence-electron chi connectivity index (χ3n) is 1.35. The van der Waals surface area contributed by atoms with E-state index in [1.807, 2.05) is 0 Å². The summed E-state index contributed by atoms with van der Waals surface area (Å²) in [5.74, 6) is -0.108. The highest BCUT2D eigenvalue weighted by Gasteiger charge is 2.05. The van der Waals surface area contributed by atoms with Gasteiger partial charge in [0, 0.05) is 0 Å². The molecule has 1 amide bonds. The molecule has 1 aromatic carbocycles. The van der Waals surface area contributed by atoms with Crippen molar-refractivity contribution in [1.82, 2.24) is 0 Å². The molecule has 0 heterocycles. The number of carbonyl (C=O) groups is 1. The Hall–Kier alpha value is -0.0600. The van der Waals surface area contributed by atoms with Crippen molar-refractivity contribution in [3.8, 4) is 0 Å². The van der Waals surface area contributed by atoms with E-state index < -0.39 is 0 Å². The molecule has 0 saturated heterocycles. The van der Waals surface area contributed by atoms with Crippen molar-refractivity contribution in [2.75, 3.05) is 10.6 Å². The third-order valence-corrected chi connectivity index (χ3v) is 3.25. The van der Waals surface area contributed by atoms with Gasteiger partial charge in [-0.15, -0.1) is 0 Å². The Morgan fingerprint density at radius 3 is 2.85 bits per heavy atom. The Balaban J connectivity index is 2.89. The van der Waals surface area contributed by atoms with E-state index in [2.05, 4.69) is 37.2 Å². The average Bonchev–Trinajstić information content (AvgIpc) is 2.13. The number of halogens is 3. The van der Waals surface area contributed by atoms with Crippen LogP contribution in [0.25, 0.3) is 0 Å². The first-order valence-electron chi connectivity index (χ1n) is 3.45. The molecule has 1 rings (SSSR count). The third kappa shape index (κ3) is 2.97. The number of alkyl halides is 1. The van der Waals surface area contributed by atoms with Crippen LogP contribution in [-0.4, -0.2) is 11.2 Å². The van der Waals surface area contributed by atoms with Crippen molar-refractivity contribution in [2.24, 2.45) is 0 Å². The number of amides is 1. The van der Waals surface area contributed by atoms with Gasteiger partial charge in [0.25, 0.3) is 0 Å². The summed E-state index contributed by atoms with van der Waals surface area (Å²) < 4.78 is 0.700. The lowest BCUT2D eigenvalue weighted by Crippen LogP contribution is -2.12. The minimum absolute atomic E-state index is 0.108. The average molecular weight is 327 g/mol. The van der Waals surface area contributed by atoms with E-state index in [1.54, 1.807) is 18.2 Å². The van der Waals surface area contributed by atoms with Crippen LogP contribution >= 0.6 is 43.5 Å². The smallest absolute Gasteiger partial charge is 0.235 e. The van der Waals surface area contributed by atoms with Gasteiger partial charge in [0.2, 0.25) is 5.91 Å². The van der Waals surface area contributed by atoms with Gasteiger partial charge >= 0.3 is 0 Å². The van der Waals surface area contributed by atoms with E-state index in [4.69, 9.17) is 11.6 Å². The Bertz CT molecular complexity index is 330. The van der Waals surface area contributed by atoms with Crippen LogP contribution < -0.4 is 5.32 Å². The molecule has 0 radical (unpaired) electrons. The summed E-state index contributed by atoms with van der Waals surface area (Å²) in [4.78, 5) is 11.0. The molecular formula is C8H6Br2ClNO. The topological polar surface area (TPSA) is 29.1 Å². The van der Waals surface area contributed by atoms with Crippen LogP contribution in [0.4, 0.5) is 5.69 Å². The molecule has 5 heteroatoms. The Kier molecular flexibility index (Phi) is 4.22. The SMILES string of the molecule is O=C(CBr)Nc1cccc(Cl)c1Br. The van der Waals surface area contributed by atoms with E-state index in [9.17, 15) is 4.79 Å². The Labute approximate surface area is 97.9 Å². The van der Waals surface area contributed by atoms with E-state index in [0.29, 0.717) is 15.2 Å². The van der Waals surface area contributed by atoms with E-state index in [1.165, 1.54) is 0 Å². The number of hydrogen-bond donors (Lipinski definition) is 1. The molecule has 70 valence electrons. The number of carbonyl (C=O) groups excluding carboxylic acids is 1. The summed E-state index contributed by atoms with van der Waals surface area (Å²) in [5.41, 5.74) is 0.678. The van der Waals surface area contributed by atoms with Crippen LogP contribution in [0.2, 0.25) is 5.02 Å². The normalized spacial score (nSPS) is 9.77. The van der Waals surface area contributed by atoms with E-state index in [-0.39, 0.29) is 11.2 Å². The largest absolute Gasteiger partial charge is 0.324 e. The molecule has 0 spiro atoms. The zero-order chi connectivity index (χ0) is 9.84. The number of hydrogen-bond acceptors (Lipinski definition) is 1. The van der Waals surface area contributed by atoms with Gasteiger partial charge in [0.05, 0.1) is 20.5 Å². The van der Waals surface area contributed by atoms with Gasteiger partial charge in [-0.05, 0) is 28.1 Å². The molecule has 0 aromatic heterocycles. The molecule has 1 N–H and O–H groups in total. The molecular weight excluding hydrogens is 321 g/mol. The summed E-state index contributed by atoms with van der Waals surface area (Å²) in [6.45, 7) is 0. The second-order valence-corrected chi connectivity index (χ2v) is 4.04. The molecule has 0 unspecified atom stereocenters. The summed E-state index contributed by atoms with van der Waals surface area (Å²) >= 11 is 12.2. The van der Waals surface area contributed by atoms with Gasteiger partial charge in [-0.25, -0.2) is 0 Å². The molecule has 0 aliphatic carbocycles. The lowest BCUT2D eigenvalue weighted by Gasteiger charge is -2.06. The Morgan fingerprint density at radius 1 is 1.54 bits per heavy atom. The van der Waals surface area contributed by atoms with Gasteiger partial charge in [-0.2, -0.15) is 0 Å². The minimum Gasteiger partial charge on any atom is -0.324 e. The van der Waals surface area contributed by atoms with Crippen LogP contribution in [0.1, 0.15) is 0 Å². The zero-order valence-electron chi connectivity index (χ0n) is 6.48. The first-order valence-corrected chi connectivity index (χ1v) is 5.74. The molecule has 0 bridgehead atoms. The predicted octanol–water partition coefficient (Wildman–Crippen LogP) is 3.44. The molecule has 0 aliphatic heterocycles. The highest BCUT2D eigenvalue weighted by atomic mass is 79.9. The molecule has 0 atom stereocenters. The zero-order valence-corrected chi connectivity index (χ0v) is 10.4. The fourth-order valence-corrected chi connectivity index (χ4v) is 1.46. The van der Waals surface area contributed by atoms with Gasteiger partial charge in [0.1, 0.15) is 0 Å². The van der Waals surface area contributed by atoms with Crippen molar-refractivity contribution in [3.05, 3.63) is 27.7 Å². The second kappa shape index (κ2) is 4.98. The number of benzene rings is 1. The first-order chi connectivity index (χ1) is 6.15. The lowest BCUT2D eigenvalue weighted by molar-refractivity contribution is -0.113. The van der Waals surface area contributed by atoms with Crippen LogP contribution in [-0.2, 0) is 4.79 Å². The maximum Gasteiger partial charge on any atom is 0.235 e. The monoisotopic (exact) mass is 325 g/mol. The predicted molar refractivity (Wildman–Crippen MR) is 61.6 cm³/mol. The summed E-state index contributed by atoms with van der Waals surface area (Å²) in [7, 11) is 0. The van der Waals surface area contributed by atoms with Crippen LogP contribution in [0, 0.1) is 0 Å². The first kappa shape index (κ1) is 11.0. The quantitative estimate of drug-likeness (QED) is 0.829. The molecule has 2 nitrogen and oxygen atoms in total. The number of anilines is 1. The highest BCUT2D eigenvalue weighted by Crippen LogP contribution is 2.29. The van der Waals surface area contributed by atoms with Crippen molar-refractivity contribution < 1.29 is 4.79 Å². The summed E-state index contributed by atoms with van der Waals surface area (Å²) in [5, 5.41) is 3.53. The van der Waals surface area contributed by atoms with Gasteiger partial charge in [-0.1, -0.05) is 33.6 Å². The van der Waals surface area contributed by atoms with E-state index >= 15 is 0 Å². The van der Waals surface area contributed by atoms with Crippen molar-refractivity contribution in [2.45, 2.75) is 0 Å². The van der Waals surface area contributed by atoms with Gasteiger partial charge in [-0.3, -0.25) is 4.79 Å². The second-order valence-electron chi connectivity index (χ2n) is 2.28. The van der Waals surface area contributed by atoms with Crippen LogP contribution in [0.5, 0.6) is 0 Å². The summed E-state index contributed by atoms with van der Waals surface area (Å²) in [6.07, 6.45) is 0. The maximum absolute atomic E-state index is 11.0. The molecule has 0 saturated carbocycles. The van der Waals surface area contributed by atoms with Crippen LogP contribution in [0.15, 0.2) is 22.7 Å². The molecule has 1 aromatic rings. The highest BCUT2D eigenvalue weighted by molar-refractivity contribution is 9.10. The van der Waals surface area contributed by atoms with Gasteiger partial charge in [0.15, 0.2) is 0 Å². The van der Waals surface area contributed by atoms with Crippen molar-refractivity contribution >= 4 is 55.1 Å². The fourth-order valence-electron chi connectivity index (χ4n) is 0.784. The molecule has 13 heavy (non-hydrogen) atoms. The Morgan fingerprint density at radius 2 is 2.23 bits per heavy atom. The summed E-state index contributed by atoms with van der Waals surface area (Å²) in [6, 6.07) is 5.29.